The summed E-state index contributed by atoms with van der Waals surface area (Å²) in [6, 6.07) is 8.37. The first kappa shape index (κ1) is 22.9. The van der Waals surface area contributed by atoms with Crippen LogP contribution in [0.3, 0.4) is 0 Å². The zero-order valence-electron chi connectivity index (χ0n) is 18.9. The highest BCUT2D eigenvalue weighted by atomic mass is 16.5. The largest absolute Gasteiger partial charge is 0.497 e. The van der Waals surface area contributed by atoms with Crippen LogP contribution in [0.5, 0.6) is 5.75 Å². The number of hydrogen-bond donors (Lipinski definition) is 1. The van der Waals surface area contributed by atoms with E-state index in [9.17, 15) is 0 Å². The molecule has 3 rings (SSSR count). The van der Waals surface area contributed by atoms with E-state index in [0.717, 1.165) is 76.8 Å². The molecule has 1 aromatic carbocycles. The van der Waals surface area contributed by atoms with Crippen molar-refractivity contribution in [3.8, 4) is 5.75 Å². The summed E-state index contributed by atoms with van der Waals surface area (Å²) >= 11 is 0. The second kappa shape index (κ2) is 12.2. The Morgan fingerprint density at radius 1 is 1.23 bits per heavy atom. The molecule has 1 aromatic rings. The van der Waals surface area contributed by atoms with Gasteiger partial charge >= 0.3 is 0 Å². The lowest BCUT2D eigenvalue weighted by molar-refractivity contribution is -0.0367. The molecule has 30 heavy (non-hydrogen) atoms. The monoisotopic (exact) mass is 417 g/mol. The van der Waals surface area contributed by atoms with Gasteiger partial charge in [-0.1, -0.05) is 19.1 Å². The molecule has 2 aliphatic rings. The van der Waals surface area contributed by atoms with Crippen LogP contribution in [0.1, 0.15) is 57.4 Å². The minimum atomic E-state index is 0.314. The van der Waals surface area contributed by atoms with E-state index >= 15 is 0 Å². The van der Waals surface area contributed by atoms with Gasteiger partial charge in [-0.05, 0) is 62.6 Å². The molecular weight excluding hydrogens is 378 g/mol. The highest BCUT2D eigenvalue weighted by molar-refractivity contribution is 5.80. The van der Waals surface area contributed by atoms with Gasteiger partial charge < -0.3 is 24.4 Å². The summed E-state index contributed by atoms with van der Waals surface area (Å²) in [7, 11) is 1.70. The van der Waals surface area contributed by atoms with Crippen molar-refractivity contribution in [2.75, 3.05) is 46.5 Å². The van der Waals surface area contributed by atoms with Gasteiger partial charge in [0.1, 0.15) is 5.75 Å². The lowest BCUT2D eigenvalue weighted by Crippen LogP contribution is -2.47. The number of aliphatic imine (C=N–C) groups is 1. The minimum absolute atomic E-state index is 0.314. The van der Waals surface area contributed by atoms with Crippen LogP contribution >= 0.6 is 0 Å². The molecule has 2 unspecified atom stereocenters. The van der Waals surface area contributed by atoms with Crippen molar-refractivity contribution < 1.29 is 14.2 Å². The molecule has 6 nitrogen and oxygen atoms in total. The standard InChI is InChI=1S/C24H39N3O3/c1-4-25-24(26-14-11-19(2)20-7-9-21(28-3)10-8-20)27-15-12-22(13-16-27)30-18-23-6-5-17-29-23/h7-10,19,22-23H,4-6,11-18H2,1-3H3,(H,25,26). The predicted octanol–water partition coefficient (Wildman–Crippen LogP) is 3.81. The van der Waals surface area contributed by atoms with Crippen molar-refractivity contribution in [3.63, 3.8) is 0 Å². The van der Waals surface area contributed by atoms with Crippen LogP contribution in [0, 0.1) is 0 Å². The smallest absolute Gasteiger partial charge is 0.193 e. The van der Waals surface area contributed by atoms with E-state index in [0.29, 0.717) is 18.1 Å². The van der Waals surface area contributed by atoms with E-state index in [4.69, 9.17) is 19.2 Å². The maximum Gasteiger partial charge on any atom is 0.193 e. The molecule has 0 radical (unpaired) electrons. The predicted molar refractivity (Wildman–Crippen MR) is 122 cm³/mol. The van der Waals surface area contributed by atoms with Crippen LogP contribution in [-0.2, 0) is 9.47 Å². The average molecular weight is 418 g/mol. The Balaban J connectivity index is 1.43. The fourth-order valence-electron chi connectivity index (χ4n) is 4.14. The first-order valence-electron chi connectivity index (χ1n) is 11.6. The van der Waals surface area contributed by atoms with E-state index in [2.05, 4.69) is 36.2 Å². The number of hydrogen-bond acceptors (Lipinski definition) is 4. The third-order valence-electron chi connectivity index (χ3n) is 6.13. The maximum atomic E-state index is 6.11. The number of methoxy groups -OCH3 is 1. The summed E-state index contributed by atoms with van der Waals surface area (Å²) in [5.41, 5.74) is 1.33. The van der Waals surface area contributed by atoms with Crippen LogP contribution in [0.15, 0.2) is 29.3 Å². The molecule has 168 valence electrons. The van der Waals surface area contributed by atoms with Crippen LogP contribution in [0.25, 0.3) is 0 Å². The Morgan fingerprint density at radius 2 is 2.00 bits per heavy atom. The van der Waals surface area contributed by atoms with Gasteiger partial charge in [-0.15, -0.1) is 0 Å². The van der Waals surface area contributed by atoms with Crippen molar-refractivity contribution in [2.45, 2.75) is 64.1 Å². The molecule has 1 N–H and O–H groups in total. The van der Waals surface area contributed by atoms with Crippen LogP contribution in [0.4, 0.5) is 0 Å². The Kier molecular flexibility index (Phi) is 9.27. The molecule has 0 saturated carbocycles. The quantitative estimate of drug-likeness (QED) is 0.489. The zero-order valence-corrected chi connectivity index (χ0v) is 18.9. The molecule has 0 bridgehead atoms. The molecule has 0 aromatic heterocycles. The summed E-state index contributed by atoms with van der Waals surface area (Å²) in [5.74, 6) is 2.41. The lowest BCUT2D eigenvalue weighted by Gasteiger charge is -2.34. The van der Waals surface area contributed by atoms with Gasteiger partial charge in [0.15, 0.2) is 5.96 Å². The van der Waals surface area contributed by atoms with Crippen molar-refractivity contribution in [1.82, 2.24) is 10.2 Å². The number of rotatable bonds is 9. The van der Waals surface area contributed by atoms with Crippen LogP contribution in [0.2, 0.25) is 0 Å². The first-order valence-corrected chi connectivity index (χ1v) is 11.6. The topological polar surface area (TPSA) is 55.3 Å². The van der Waals surface area contributed by atoms with E-state index < -0.39 is 0 Å². The average Bonchev–Trinajstić information content (AvgIpc) is 3.31. The van der Waals surface area contributed by atoms with Crippen molar-refractivity contribution in [1.29, 1.82) is 0 Å². The van der Waals surface area contributed by atoms with Gasteiger partial charge in [-0.3, -0.25) is 4.99 Å². The molecule has 2 heterocycles. The molecule has 6 heteroatoms. The number of nitrogens with one attached hydrogen (secondary N) is 1. The van der Waals surface area contributed by atoms with E-state index in [-0.39, 0.29) is 0 Å². The van der Waals surface area contributed by atoms with Gasteiger partial charge in [-0.2, -0.15) is 0 Å². The number of ether oxygens (including phenoxy) is 3. The van der Waals surface area contributed by atoms with E-state index in [1.54, 1.807) is 7.11 Å². The molecule has 0 aliphatic carbocycles. The number of benzene rings is 1. The molecule has 2 fully saturated rings. The van der Waals surface area contributed by atoms with Gasteiger partial charge in [0.05, 0.1) is 25.9 Å². The van der Waals surface area contributed by atoms with Crippen LogP contribution < -0.4 is 10.1 Å². The Labute approximate surface area is 182 Å². The highest BCUT2D eigenvalue weighted by Gasteiger charge is 2.24. The summed E-state index contributed by atoms with van der Waals surface area (Å²) < 4.78 is 17.0. The Morgan fingerprint density at radius 3 is 2.63 bits per heavy atom. The molecule has 0 spiro atoms. The second-order valence-corrected chi connectivity index (χ2v) is 8.35. The summed E-state index contributed by atoms with van der Waals surface area (Å²) in [5, 5.41) is 3.47. The number of guanidine groups is 1. The summed E-state index contributed by atoms with van der Waals surface area (Å²) in [6.45, 7) is 9.75. The lowest BCUT2D eigenvalue weighted by atomic mass is 9.98. The SMILES string of the molecule is CCNC(=NCCC(C)c1ccc(OC)cc1)N1CCC(OCC2CCCO2)CC1. The number of nitrogens with zero attached hydrogens (tertiary/aromatic N) is 2. The zero-order chi connectivity index (χ0) is 21.2. The second-order valence-electron chi connectivity index (χ2n) is 8.35. The maximum absolute atomic E-state index is 6.11. The third-order valence-corrected chi connectivity index (χ3v) is 6.13. The molecule has 2 atom stereocenters. The number of likely N-dealkylation sites (tertiary alicyclic amines) is 1. The molecule has 2 saturated heterocycles. The van der Waals surface area contributed by atoms with Gasteiger partial charge in [0, 0.05) is 32.8 Å². The van der Waals surface area contributed by atoms with Crippen molar-refractivity contribution >= 4 is 5.96 Å². The summed E-state index contributed by atoms with van der Waals surface area (Å²) in [4.78, 5) is 7.30. The van der Waals surface area contributed by atoms with Gasteiger partial charge in [0.2, 0.25) is 0 Å². The highest BCUT2D eigenvalue weighted by Crippen LogP contribution is 2.22. The summed E-state index contributed by atoms with van der Waals surface area (Å²) in [6.07, 6.45) is 6.12. The number of piperidine rings is 1. The fraction of sp³-hybridized carbons (Fsp3) is 0.708. The Bertz CT molecular complexity index is 636. The van der Waals surface area contributed by atoms with Crippen LogP contribution in [-0.4, -0.2) is 69.6 Å². The molecular formula is C24H39N3O3. The van der Waals surface area contributed by atoms with E-state index in [1.807, 2.05) is 12.1 Å². The molecule has 2 aliphatic heterocycles. The van der Waals surface area contributed by atoms with Gasteiger partial charge in [-0.25, -0.2) is 0 Å². The normalized spacial score (nSPS) is 21.6. The minimum Gasteiger partial charge on any atom is -0.497 e. The first-order chi connectivity index (χ1) is 14.7. The fourth-order valence-corrected chi connectivity index (χ4v) is 4.14. The van der Waals surface area contributed by atoms with Crippen molar-refractivity contribution in [2.24, 2.45) is 4.99 Å². The van der Waals surface area contributed by atoms with E-state index in [1.165, 1.54) is 12.0 Å². The molecule has 0 amide bonds. The van der Waals surface area contributed by atoms with Crippen molar-refractivity contribution in [3.05, 3.63) is 29.8 Å². The van der Waals surface area contributed by atoms with Gasteiger partial charge in [0.25, 0.3) is 0 Å². The Hall–Kier alpha value is -1.79. The third kappa shape index (κ3) is 6.88.